The number of benzene rings is 2. The summed E-state index contributed by atoms with van der Waals surface area (Å²) in [5.41, 5.74) is 1.59. The minimum Gasteiger partial charge on any atom is -0.489 e. The summed E-state index contributed by atoms with van der Waals surface area (Å²) in [6.45, 7) is 2.11. The average Bonchev–Trinajstić information content (AvgIpc) is 3.24. The second kappa shape index (κ2) is 8.83. The van der Waals surface area contributed by atoms with Crippen molar-refractivity contribution in [2.45, 2.75) is 25.5 Å². The maximum atomic E-state index is 13.3. The fourth-order valence-corrected chi connectivity index (χ4v) is 3.28. The molecule has 0 bridgehead atoms. The SMILES string of the molecule is O=C(Nc1cccc(OCc2cccc(F)c2)c1)c1cn(C2CCNCC2)nn1. The first kappa shape index (κ1) is 19.1. The van der Waals surface area contributed by atoms with Gasteiger partial charge in [0.1, 0.15) is 18.2 Å². The summed E-state index contributed by atoms with van der Waals surface area (Å²) in [7, 11) is 0. The van der Waals surface area contributed by atoms with Crippen LogP contribution in [0.1, 0.15) is 34.9 Å². The van der Waals surface area contributed by atoms with Crippen LogP contribution in [0.4, 0.5) is 10.1 Å². The van der Waals surface area contributed by atoms with Gasteiger partial charge in [0.15, 0.2) is 5.69 Å². The molecule has 8 heteroatoms. The first-order valence-electron chi connectivity index (χ1n) is 9.58. The van der Waals surface area contributed by atoms with E-state index in [1.807, 2.05) is 0 Å². The van der Waals surface area contributed by atoms with E-state index >= 15 is 0 Å². The Bertz CT molecular complexity index is 984. The van der Waals surface area contributed by atoms with Crippen molar-refractivity contribution < 1.29 is 13.9 Å². The smallest absolute Gasteiger partial charge is 0.277 e. The van der Waals surface area contributed by atoms with Gasteiger partial charge in [-0.25, -0.2) is 9.07 Å². The Hall–Kier alpha value is -3.26. The molecule has 0 unspecified atom stereocenters. The number of hydrogen-bond acceptors (Lipinski definition) is 5. The number of ether oxygens (including phenoxy) is 1. The van der Waals surface area contributed by atoms with Crippen LogP contribution < -0.4 is 15.4 Å². The van der Waals surface area contributed by atoms with Gasteiger partial charge in [-0.05, 0) is 55.8 Å². The zero-order valence-corrected chi connectivity index (χ0v) is 15.8. The molecule has 2 heterocycles. The zero-order chi connectivity index (χ0) is 20.1. The van der Waals surface area contributed by atoms with E-state index in [0.717, 1.165) is 31.5 Å². The van der Waals surface area contributed by atoms with Crippen molar-refractivity contribution in [2.75, 3.05) is 18.4 Å². The van der Waals surface area contributed by atoms with Gasteiger partial charge in [0, 0.05) is 11.8 Å². The number of aromatic nitrogens is 3. The van der Waals surface area contributed by atoms with Crippen molar-refractivity contribution in [1.82, 2.24) is 20.3 Å². The van der Waals surface area contributed by atoms with Crippen LogP contribution in [0.3, 0.4) is 0 Å². The third-order valence-electron chi connectivity index (χ3n) is 4.81. The van der Waals surface area contributed by atoms with Crippen LogP contribution in [0, 0.1) is 5.82 Å². The minimum atomic E-state index is -0.326. The fraction of sp³-hybridized carbons (Fsp3) is 0.286. The Morgan fingerprint density at radius 1 is 1.21 bits per heavy atom. The average molecular weight is 395 g/mol. The highest BCUT2D eigenvalue weighted by Gasteiger charge is 2.18. The summed E-state index contributed by atoms with van der Waals surface area (Å²) >= 11 is 0. The van der Waals surface area contributed by atoms with E-state index in [1.54, 1.807) is 47.3 Å². The lowest BCUT2D eigenvalue weighted by molar-refractivity contribution is 0.102. The fourth-order valence-electron chi connectivity index (χ4n) is 3.28. The van der Waals surface area contributed by atoms with Gasteiger partial charge in [0.05, 0.1) is 12.2 Å². The predicted octanol–water partition coefficient (Wildman–Crippen LogP) is 3.17. The van der Waals surface area contributed by atoms with Crippen LogP contribution in [-0.2, 0) is 6.61 Å². The molecule has 0 atom stereocenters. The predicted molar refractivity (Wildman–Crippen MR) is 106 cm³/mol. The summed E-state index contributed by atoms with van der Waals surface area (Å²) in [5, 5.41) is 14.2. The number of nitrogens with one attached hydrogen (secondary N) is 2. The summed E-state index contributed by atoms with van der Waals surface area (Å²) in [5.74, 6) is -0.0532. The second-order valence-corrected chi connectivity index (χ2v) is 6.97. The van der Waals surface area contributed by atoms with Gasteiger partial charge in [-0.1, -0.05) is 23.4 Å². The maximum absolute atomic E-state index is 13.3. The van der Waals surface area contributed by atoms with Gasteiger partial charge in [-0.3, -0.25) is 4.79 Å². The lowest BCUT2D eigenvalue weighted by Gasteiger charge is -2.22. The zero-order valence-electron chi connectivity index (χ0n) is 15.8. The van der Waals surface area contributed by atoms with Crippen molar-refractivity contribution >= 4 is 11.6 Å². The van der Waals surface area contributed by atoms with Gasteiger partial charge in [-0.15, -0.1) is 5.10 Å². The topological polar surface area (TPSA) is 81.1 Å². The van der Waals surface area contributed by atoms with Crippen LogP contribution in [0.2, 0.25) is 0 Å². The van der Waals surface area contributed by atoms with Crippen molar-refractivity contribution in [3.05, 3.63) is 71.8 Å². The van der Waals surface area contributed by atoms with Crippen molar-refractivity contribution in [1.29, 1.82) is 0 Å². The Kier molecular flexibility index (Phi) is 5.81. The number of rotatable bonds is 6. The standard InChI is InChI=1S/C21H22FN5O2/c22-16-4-1-3-15(11-16)14-29-19-6-2-5-17(12-19)24-21(28)20-13-27(26-25-20)18-7-9-23-10-8-18/h1-6,11-13,18,23H,7-10,14H2,(H,24,28). The number of nitrogens with zero attached hydrogens (tertiary/aromatic N) is 3. The van der Waals surface area contributed by atoms with Crippen LogP contribution in [0.5, 0.6) is 5.75 Å². The van der Waals surface area contributed by atoms with E-state index in [1.165, 1.54) is 12.1 Å². The molecule has 1 aromatic heterocycles. The van der Waals surface area contributed by atoms with Crippen LogP contribution >= 0.6 is 0 Å². The summed E-state index contributed by atoms with van der Waals surface area (Å²) in [6, 6.07) is 13.6. The molecular formula is C21H22FN5O2. The number of halogens is 1. The molecule has 1 amide bonds. The van der Waals surface area contributed by atoms with E-state index in [2.05, 4.69) is 20.9 Å². The number of anilines is 1. The first-order chi connectivity index (χ1) is 14.2. The van der Waals surface area contributed by atoms with Gasteiger partial charge in [0.25, 0.3) is 5.91 Å². The molecule has 1 aliphatic heterocycles. The van der Waals surface area contributed by atoms with Gasteiger partial charge >= 0.3 is 0 Å². The molecule has 0 radical (unpaired) electrons. The maximum Gasteiger partial charge on any atom is 0.277 e. The Morgan fingerprint density at radius 3 is 2.86 bits per heavy atom. The van der Waals surface area contributed by atoms with E-state index < -0.39 is 0 Å². The highest BCUT2D eigenvalue weighted by Crippen LogP contribution is 2.20. The first-order valence-corrected chi connectivity index (χ1v) is 9.58. The molecule has 4 rings (SSSR count). The highest BCUT2D eigenvalue weighted by molar-refractivity contribution is 6.02. The molecule has 29 heavy (non-hydrogen) atoms. The number of carbonyl (C=O) groups excluding carboxylic acids is 1. The Balaban J connectivity index is 1.37. The van der Waals surface area contributed by atoms with Crippen molar-refractivity contribution in [3.8, 4) is 5.75 Å². The third kappa shape index (κ3) is 4.97. The number of piperidine rings is 1. The van der Waals surface area contributed by atoms with Gasteiger partial charge in [0.2, 0.25) is 0 Å². The largest absolute Gasteiger partial charge is 0.489 e. The molecule has 2 N–H and O–H groups in total. The van der Waals surface area contributed by atoms with Crippen molar-refractivity contribution in [2.24, 2.45) is 0 Å². The van der Waals surface area contributed by atoms with Crippen LogP contribution in [0.15, 0.2) is 54.7 Å². The van der Waals surface area contributed by atoms with E-state index in [0.29, 0.717) is 11.4 Å². The Labute approximate surface area is 167 Å². The quantitative estimate of drug-likeness (QED) is 0.670. The molecule has 0 saturated carbocycles. The van der Waals surface area contributed by atoms with Crippen LogP contribution in [0.25, 0.3) is 0 Å². The van der Waals surface area contributed by atoms with Gasteiger partial charge < -0.3 is 15.4 Å². The monoisotopic (exact) mass is 395 g/mol. The second-order valence-electron chi connectivity index (χ2n) is 6.97. The number of hydrogen-bond donors (Lipinski definition) is 2. The van der Waals surface area contributed by atoms with Gasteiger partial charge in [-0.2, -0.15) is 0 Å². The molecule has 2 aromatic carbocycles. The summed E-state index contributed by atoms with van der Waals surface area (Å²) in [6.07, 6.45) is 3.62. The number of carbonyl (C=O) groups is 1. The Morgan fingerprint density at radius 2 is 2.03 bits per heavy atom. The molecule has 0 spiro atoms. The van der Waals surface area contributed by atoms with Crippen LogP contribution in [-0.4, -0.2) is 34.0 Å². The molecule has 150 valence electrons. The third-order valence-corrected chi connectivity index (χ3v) is 4.81. The van der Waals surface area contributed by atoms with E-state index in [-0.39, 0.29) is 30.1 Å². The highest BCUT2D eigenvalue weighted by atomic mass is 19.1. The lowest BCUT2D eigenvalue weighted by Crippen LogP contribution is -2.29. The van der Waals surface area contributed by atoms with Crippen molar-refractivity contribution in [3.63, 3.8) is 0 Å². The molecule has 1 aliphatic rings. The summed E-state index contributed by atoms with van der Waals surface area (Å²) < 4.78 is 20.7. The molecule has 7 nitrogen and oxygen atoms in total. The molecule has 0 aliphatic carbocycles. The molecule has 3 aromatic rings. The molecule has 1 fully saturated rings. The number of amides is 1. The minimum absolute atomic E-state index is 0.236. The van der Waals surface area contributed by atoms with E-state index in [9.17, 15) is 9.18 Å². The normalized spacial score (nSPS) is 14.5. The van der Waals surface area contributed by atoms with E-state index in [4.69, 9.17) is 4.74 Å². The summed E-state index contributed by atoms with van der Waals surface area (Å²) in [4.78, 5) is 12.5. The molecular weight excluding hydrogens is 373 g/mol. The molecule has 1 saturated heterocycles. The lowest BCUT2D eigenvalue weighted by atomic mass is 10.1.